The van der Waals surface area contributed by atoms with Gasteiger partial charge in [0.2, 0.25) is 0 Å². The molecule has 2 N–H and O–H groups in total. The molecule has 1 rings (SSSR count). The zero-order valence-electron chi connectivity index (χ0n) is 10.4. The van der Waals surface area contributed by atoms with Crippen molar-refractivity contribution in [3.63, 3.8) is 0 Å². The van der Waals surface area contributed by atoms with Gasteiger partial charge in [0, 0.05) is 18.0 Å². The fourth-order valence-corrected chi connectivity index (χ4v) is 2.13. The van der Waals surface area contributed by atoms with Gasteiger partial charge in [-0.3, -0.25) is 0 Å². The van der Waals surface area contributed by atoms with Crippen molar-refractivity contribution in [2.75, 3.05) is 31.2 Å². The summed E-state index contributed by atoms with van der Waals surface area (Å²) in [6.07, 6.45) is 3.13. The molecule has 4 heteroatoms. The standard InChI is InChI=1S/C13H19N3S/c1-3-7-15-8-9-16-12-5-4-6-13(17-2)11(12)10-14/h4-6,15-16H,3,7-9H2,1-2H3. The minimum atomic E-state index is 0.746. The second-order valence-electron chi connectivity index (χ2n) is 3.67. The van der Waals surface area contributed by atoms with Crippen LogP contribution in [0, 0.1) is 11.3 Å². The molecule has 0 aliphatic heterocycles. The number of nitrogens with one attached hydrogen (secondary N) is 2. The van der Waals surface area contributed by atoms with Crippen LogP contribution in [0.5, 0.6) is 0 Å². The number of rotatable bonds is 7. The number of thioether (sulfide) groups is 1. The molecule has 0 atom stereocenters. The molecule has 0 heterocycles. The summed E-state index contributed by atoms with van der Waals surface area (Å²) in [6.45, 7) is 4.95. The van der Waals surface area contributed by atoms with Crippen LogP contribution in [0.3, 0.4) is 0 Å². The number of benzene rings is 1. The van der Waals surface area contributed by atoms with E-state index in [1.807, 2.05) is 24.5 Å². The summed E-state index contributed by atoms with van der Waals surface area (Å²) >= 11 is 1.60. The smallest absolute Gasteiger partial charge is 0.102 e. The number of nitriles is 1. The lowest BCUT2D eigenvalue weighted by Gasteiger charge is -2.10. The first kappa shape index (κ1) is 13.9. The highest BCUT2D eigenvalue weighted by molar-refractivity contribution is 7.98. The Bertz CT molecular complexity index is 385. The Morgan fingerprint density at radius 2 is 2.12 bits per heavy atom. The second-order valence-corrected chi connectivity index (χ2v) is 4.52. The van der Waals surface area contributed by atoms with Gasteiger partial charge in [-0.25, -0.2) is 0 Å². The van der Waals surface area contributed by atoms with E-state index in [1.165, 1.54) is 0 Å². The summed E-state index contributed by atoms with van der Waals surface area (Å²) in [6, 6.07) is 8.18. The highest BCUT2D eigenvalue weighted by atomic mass is 32.2. The molecule has 0 aliphatic rings. The maximum atomic E-state index is 9.15. The van der Waals surface area contributed by atoms with Crippen LogP contribution in [-0.4, -0.2) is 25.9 Å². The lowest BCUT2D eigenvalue weighted by molar-refractivity contribution is 0.687. The fraction of sp³-hybridized carbons (Fsp3) is 0.462. The third-order valence-corrected chi connectivity index (χ3v) is 3.18. The Kier molecular flexibility index (Phi) is 6.53. The third-order valence-electron chi connectivity index (χ3n) is 2.40. The van der Waals surface area contributed by atoms with Crippen molar-refractivity contribution in [1.82, 2.24) is 5.32 Å². The first-order chi connectivity index (χ1) is 8.33. The van der Waals surface area contributed by atoms with Gasteiger partial charge < -0.3 is 10.6 Å². The number of nitrogens with zero attached hydrogens (tertiary/aromatic N) is 1. The minimum absolute atomic E-state index is 0.746. The zero-order valence-corrected chi connectivity index (χ0v) is 11.2. The molecule has 0 bridgehead atoms. The average Bonchev–Trinajstić information content (AvgIpc) is 2.38. The molecule has 0 spiro atoms. The van der Waals surface area contributed by atoms with Crippen LogP contribution in [0.2, 0.25) is 0 Å². The number of anilines is 1. The van der Waals surface area contributed by atoms with Crippen LogP contribution in [0.15, 0.2) is 23.1 Å². The molecule has 0 saturated heterocycles. The van der Waals surface area contributed by atoms with Gasteiger partial charge in [0.05, 0.1) is 11.3 Å². The summed E-state index contributed by atoms with van der Waals surface area (Å²) in [5.41, 5.74) is 1.67. The Balaban J connectivity index is 2.56. The van der Waals surface area contributed by atoms with Crippen LogP contribution >= 0.6 is 11.8 Å². The molecule has 0 aromatic heterocycles. The Morgan fingerprint density at radius 1 is 1.29 bits per heavy atom. The van der Waals surface area contributed by atoms with Gasteiger partial charge in [0.1, 0.15) is 6.07 Å². The van der Waals surface area contributed by atoms with Crippen molar-refractivity contribution in [3.8, 4) is 6.07 Å². The lowest BCUT2D eigenvalue weighted by atomic mass is 10.2. The first-order valence-corrected chi connectivity index (χ1v) is 7.07. The average molecular weight is 249 g/mol. The van der Waals surface area contributed by atoms with E-state index in [0.717, 1.165) is 42.2 Å². The number of hydrogen-bond donors (Lipinski definition) is 2. The maximum Gasteiger partial charge on any atom is 0.102 e. The van der Waals surface area contributed by atoms with Crippen molar-refractivity contribution in [1.29, 1.82) is 5.26 Å². The van der Waals surface area contributed by atoms with Crippen LogP contribution in [0.25, 0.3) is 0 Å². The molecule has 0 amide bonds. The summed E-state index contributed by atoms with van der Waals surface area (Å²) in [5.74, 6) is 0. The molecule has 1 aromatic carbocycles. The largest absolute Gasteiger partial charge is 0.383 e. The van der Waals surface area contributed by atoms with Gasteiger partial charge in [0.25, 0.3) is 0 Å². The van der Waals surface area contributed by atoms with Crippen LogP contribution in [-0.2, 0) is 0 Å². The van der Waals surface area contributed by atoms with E-state index in [9.17, 15) is 0 Å². The lowest BCUT2D eigenvalue weighted by Crippen LogP contribution is -2.23. The van der Waals surface area contributed by atoms with Gasteiger partial charge in [-0.1, -0.05) is 13.0 Å². The summed E-state index contributed by atoms with van der Waals surface area (Å²) < 4.78 is 0. The summed E-state index contributed by atoms with van der Waals surface area (Å²) in [7, 11) is 0. The van der Waals surface area contributed by atoms with E-state index >= 15 is 0 Å². The monoisotopic (exact) mass is 249 g/mol. The van der Waals surface area contributed by atoms with Crippen molar-refractivity contribution < 1.29 is 0 Å². The van der Waals surface area contributed by atoms with E-state index in [2.05, 4.69) is 23.6 Å². The van der Waals surface area contributed by atoms with E-state index in [1.54, 1.807) is 11.8 Å². The van der Waals surface area contributed by atoms with Crippen molar-refractivity contribution in [2.24, 2.45) is 0 Å². The quantitative estimate of drug-likeness (QED) is 0.576. The molecule has 17 heavy (non-hydrogen) atoms. The molecular weight excluding hydrogens is 230 g/mol. The van der Waals surface area contributed by atoms with Gasteiger partial charge in [-0.15, -0.1) is 11.8 Å². The zero-order chi connectivity index (χ0) is 12.5. The highest BCUT2D eigenvalue weighted by Crippen LogP contribution is 2.25. The molecule has 0 saturated carbocycles. The SMILES string of the molecule is CCCNCCNc1cccc(SC)c1C#N. The van der Waals surface area contributed by atoms with Crippen LogP contribution < -0.4 is 10.6 Å². The predicted octanol–water partition coefficient (Wildman–Crippen LogP) is 2.69. The summed E-state index contributed by atoms with van der Waals surface area (Å²) in [5, 5.41) is 15.8. The van der Waals surface area contributed by atoms with Crippen molar-refractivity contribution >= 4 is 17.4 Å². The topological polar surface area (TPSA) is 47.8 Å². The van der Waals surface area contributed by atoms with Crippen LogP contribution in [0.4, 0.5) is 5.69 Å². The molecule has 0 radical (unpaired) electrons. The third kappa shape index (κ3) is 4.29. The van der Waals surface area contributed by atoms with E-state index < -0.39 is 0 Å². The fourth-order valence-electron chi connectivity index (χ4n) is 1.55. The highest BCUT2D eigenvalue weighted by Gasteiger charge is 2.05. The first-order valence-electron chi connectivity index (χ1n) is 5.85. The molecule has 0 unspecified atom stereocenters. The van der Waals surface area contributed by atoms with Gasteiger partial charge >= 0.3 is 0 Å². The molecule has 3 nitrogen and oxygen atoms in total. The molecule has 1 aromatic rings. The summed E-state index contributed by atoms with van der Waals surface area (Å²) in [4.78, 5) is 1.03. The van der Waals surface area contributed by atoms with Gasteiger partial charge in [-0.2, -0.15) is 5.26 Å². The van der Waals surface area contributed by atoms with Gasteiger partial charge in [0.15, 0.2) is 0 Å². The second kappa shape index (κ2) is 7.99. The van der Waals surface area contributed by atoms with Crippen LogP contribution in [0.1, 0.15) is 18.9 Å². The van der Waals surface area contributed by atoms with E-state index in [0.29, 0.717) is 0 Å². The Hall–Kier alpha value is -1.18. The van der Waals surface area contributed by atoms with E-state index in [-0.39, 0.29) is 0 Å². The molecule has 0 fully saturated rings. The molecule has 0 aliphatic carbocycles. The normalized spacial score (nSPS) is 9.94. The minimum Gasteiger partial charge on any atom is -0.383 e. The predicted molar refractivity (Wildman–Crippen MR) is 74.6 cm³/mol. The van der Waals surface area contributed by atoms with Crippen molar-refractivity contribution in [3.05, 3.63) is 23.8 Å². The Labute approximate surface area is 108 Å². The van der Waals surface area contributed by atoms with E-state index in [4.69, 9.17) is 5.26 Å². The number of hydrogen-bond acceptors (Lipinski definition) is 4. The van der Waals surface area contributed by atoms with Crippen molar-refractivity contribution in [2.45, 2.75) is 18.2 Å². The van der Waals surface area contributed by atoms with Gasteiger partial charge in [-0.05, 0) is 31.4 Å². The molecular formula is C13H19N3S. The maximum absolute atomic E-state index is 9.15. The molecule has 92 valence electrons. The Morgan fingerprint density at radius 3 is 2.76 bits per heavy atom.